The molecular formula is C33H38N3O3S-. The highest BCUT2D eigenvalue weighted by Gasteiger charge is 2.39. The fraction of sp³-hybridized carbons (Fsp3) is 0.424. The zero-order valence-electron chi connectivity index (χ0n) is 24.9. The van der Waals surface area contributed by atoms with Crippen molar-refractivity contribution in [3.05, 3.63) is 85.7 Å². The molecule has 0 bridgehead atoms. The summed E-state index contributed by atoms with van der Waals surface area (Å²) >= 11 is 0. The highest BCUT2D eigenvalue weighted by molar-refractivity contribution is 7.89. The van der Waals surface area contributed by atoms with Gasteiger partial charge in [0.05, 0.1) is 11.4 Å². The van der Waals surface area contributed by atoms with Gasteiger partial charge >= 0.3 is 0 Å². The molecule has 2 atom stereocenters. The second-order valence-electron chi connectivity index (χ2n) is 12.9. The molecule has 0 radical (unpaired) electrons. The van der Waals surface area contributed by atoms with E-state index in [4.69, 9.17) is 15.0 Å². The van der Waals surface area contributed by atoms with E-state index in [9.17, 15) is 8.42 Å². The molecule has 0 fully saturated rings. The Balaban J connectivity index is 1.82. The van der Waals surface area contributed by atoms with E-state index < -0.39 is 10.0 Å². The number of rotatable bonds is 3. The van der Waals surface area contributed by atoms with Crippen LogP contribution in [0.1, 0.15) is 74.9 Å². The quantitative estimate of drug-likeness (QED) is 0.344. The summed E-state index contributed by atoms with van der Waals surface area (Å²) in [7, 11) is -2.47. The average molecular weight is 557 g/mol. The van der Waals surface area contributed by atoms with Crippen LogP contribution in [0.5, 0.6) is 11.5 Å². The van der Waals surface area contributed by atoms with E-state index in [1.54, 1.807) is 0 Å². The Morgan fingerprint density at radius 2 is 1.73 bits per heavy atom. The first kappa shape index (κ1) is 27.0. The van der Waals surface area contributed by atoms with Crippen molar-refractivity contribution in [2.45, 2.75) is 84.2 Å². The normalized spacial score (nSPS) is 21.8. The van der Waals surface area contributed by atoms with Crippen LogP contribution in [-0.4, -0.2) is 27.5 Å². The van der Waals surface area contributed by atoms with Crippen LogP contribution in [0.4, 0.5) is 5.69 Å². The van der Waals surface area contributed by atoms with Crippen LogP contribution in [0.15, 0.2) is 46.3 Å². The van der Waals surface area contributed by atoms with Crippen LogP contribution in [-0.2, 0) is 21.9 Å². The Labute approximate surface area is 237 Å². The minimum Gasteiger partial charge on any atom is -0.680 e. The van der Waals surface area contributed by atoms with Crippen molar-refractivity contribution < 1.29 is 13.2 Å². The molecule has 0 spiro atoms. The smallest absolute Gasteiger partial charge is 0.242 e. The molecule has 3 aliphatic heterocycles. The van der Waals surface area contributed by atoms with Crippen molar-refractivity contribution in [1.29, 1.82) is 0 Å². The van der Waals surface area contributed by atoms with Gasteiger partial charge in [-0.25, -0.2) is 13.1 Å². The molecule has 210 valence electrons. The molecule has 0 saturated heterocycles. The van der Waals surface area contributed by atoms with Gasteiger partial charge in [0, 0.05) is 27.3 Å². The van der Waals surface area contributed by atoms with Crippen molar-refractivity contribution in [2.24, 2.45) is 10.4 Å². The first-order chi connectivity index (χ1) is 18.7. The van der Waals surface area contributed by atoms with E-state index in [0.29, 0.717) is 23.6 Å². The van der Waals surface area contributed by atoms with E-state index in [1.165, 1.54) is 12.6 Å². The molecular weight excluding hydrogens is 518 g/mol. The summed E-state index contributed by atoms with van der Waals surface area (Å²) in [5.74, 6) is 0.998. The third-order valence-corrected chi connectivity index (χ3v) is 11.1. The minimum atomic E-state index is -3.92. The molecule has 7 heteroatoms. The van der Waals surface area contributed by atoms with Gasteiger partial charge < -0.3 is 10.1 Å². The van der Waals surface area contributed by atoms with Crippen molar-refractivity contribution >= 4 is 21.3 Å². The van der Waals surface area contributed by atoms with Crippen LogP contribution in [0.3, 0.4) is 0 Å². The number of nitrogens with one attached hydrogen (secondary N) is 1. The van der Waals surface area contributed by atoms with Crippen molar-refractivity contribution in [3.8, 4) is 11.5 Å². The molecule has 6 nitrogen and oxygen atoms in total. The number of benzene rings is 3. The van der Waals surface area contributed by atoms with Crippen LogP contribution in [0, 0.1) is 19.3 Å². The first-order valence-electron chi connectivity index (χ1n) is 14.0. The maximum atomic E-state index is 13.8. The molecule has 3 aromatic rings. The predicted molar refractivity (Wildman–Crippen MR) is 160 cm³/mol. The summed E-state index contributed by atoms with van der Waals surface area (Å²) in [6, 6.07) is 12.7. The summed E-state index contributed by atoms with van der Waals surface area (Å²) in [6.45, 7) is 17.2. The molecule has 1 N–H and O–H groups in total. The van der Waals surface area contributed by atoms with Crippen LogP contribution in [0.25, 0.3) is 10.9 Å². The Bertz CT molecular complexity index is 1840. The second-order valence-corrected chi connectivity index (χ2v) is 14.7. The third kappa shape index (κ3) is 3.70. The fourth-order valence-corrected chi connectivity index (χ4v) is 7.38. The zero-order chi connectivity index (χ0) is 28.9. The summed E-state index contributed by atoms with van der Waals surface area (Å²) in [5, 5.41) is 6.89. The van der Waals surface area contributed by atoms with Gasteiger partial charge in [0.15, 0.2) is 5.75 Å². The SMILES string of the molecule is CNS(=O)(=O)c1c2c(cc3c1Oc1c(C)c4c(cc1=C3c1ccccc1C)C(C)(C)C(C)N=4)CC(C)(C)C(C)[N-]2. The topological polar surface area (TPSA) is 81.9 Å². The highest BCUT2D eigenvalue weighted by Crippen LogP contribution is 2.53. The molecule has 0 amide bonds. The molecule has 2 unspecified atom stereocenters. The standard InChI is InChI=1S/C33H38N3O3S/c1-17-12-10-11-13-22(17)26-23-14-21-16-32(5,6)19(3)35-28(21)31(40(37,38)34-9)30(23)39-29-18(2)27-25(15-24(26)29)33(7,8)20(4)36-27/h10-15,19-20,34H,16H2,1-9H3/q-1. The van der Waals surface area contributed by atoms with Gasteiger partial charge in [-0.3, -0.25) is 4.99 Å². The highest BCUT2D eigenvalue weighted by atomic mass is 32.2. The Morgan fingerprint density at radius 1 is 1.02 bits per heavy atom. The van der Waals surface area contributed by atoms with Gasteiger partial charge in [-0.15, -0.1) is 11.7 Å². The number of aryl methyl sites for hydroxylation is 1. The predicted octanol–water partition coefficient (Wildman–Crippen LogP) is 5.84. The lowest BCUT2D eigenvalue weighted by Gasteiger charge is -2.50. The summed E-state index contributed by atoms with van der Waals surface area (Å²) < 4.78 is 36.8. The summed E-state index contributed by atoms with van der Waals surface area (Å²) in [6.07, 6.45) is 0.715. The van der Waals surface area contributed by atoms with Crippen molar-refractivity contribution in [3.63, 3.8) is 0 Å². The lowest BCUT2D eigenvalue weighted by atomic mass is 9.75. The van der Waals surface area contributed by atoms with Gasteiger partial charge in [0.2, 0.25) is 10.0 Å². The summed E-state index contributed by atoms with van der Waals surface area (Å²) in [5.41, 5.74) is 7.25. The second kappa shape index (κ2) is 8.67. The van der Waals surface area contributed by atoms with Gasteiger partial charge in [-0.1, -0.05) is 64.4 Å². The van der Waals surface area contributed by atoms with E-state index in [0.717, 1.165) is 44.0 Å². The molecule has 40 heavy (non-hydrogen) atoms. The third-order valence-electron chi connectivity index (χ3n) is 9.63. The van der Waals surface area contributed by atoms with Gasteiger partial charge in [-0.05, 0) is 68.5 Å². The van der Waals surface area contributed by atoms with E-state index >= 15 is 0 Å². The zero-order valence-corrected chi connectivity index (χ0v) is 25.7. The van der Waals surface area contributed by atoms with Crippen molar-refractivity contribution in [2.75, 3.05) is 7.05 Å². The monoisotopic (exact) mass is 556 g/mol. The fourth-order valence-electron chi connectivity index (χ4n) is 6.34. The van der Waals surface area contributed by atoms with Crippen LogP contribution < -0.4 is 20.0 Å². The molecule has 6 rings (SSSR count). The Kier molecular flexibility index (Phi) is 5.86. The maximum Gasteiger partial charge on any atom is 0.242 e. The van der Waals surface area contributed by atoms with Gasteiger partial charge in [0.1, 0.15) is 10.6 Å². The van der Waals surface area contributed by atoms with E-state index in [-0.39, 0.29) is 27.8 Å². The molecule has 3 aliphatic rings. The van der Waals surface area contributed by atoms with Crippen LogP contribution >= 0.6 is 0 Å². The van der Waals surface area contributed by atoms with E-state index in [1.807, 2.05) is 19.1 Å². The van der Waals surface area contributed by atoms with Gasteiger partial charge in [-0.2, -0.15) is 0 Å². The minimum absolute atomic E-state index is 0.0490. The molecule has 3 heterocycles. The molecule has 0 aromatic heterocycles. The Morgan fingerprint density at radius 3 is 2.40 bits per heavy atom. The van der Waals surface area contributed by atoms with Crippen molar-refractivity contribution in [1.82, 2.24) is 4.72 Å². The largest absolute Gasteiger partial charge is 0.680 e. The lowest BCUT2D eigenvalue weighted by Crippen LogP contribution is -2.34. The molecule has 0 saturated carbocycles. The number of hydrogen-bond donors (Lipinski definition) is 1. The number of hydrogen-bond acceptors (Lipinski definition) is 4. The number of ether oxygens (including phenoxy) is 1. The van der Waals surface area contributed by atoms with E-state index in [2.05, 4.69) is 77.5 Å². The van der Waals surface area contributed by atoms with Crippen LogP contribution in [0.2, 0.25) is 0 Å². The lowest BCUT2D eigenvalue weighted by molar-refractivity contribution is 0.315. The number of nitrogens with zero attached hydrogens (tertiary/aromatic N) is 2. The maximum absolute atomic E-state index is 13.8. The van der Waals surface area contributed by atoms with Gasteiger partial charge in [0.25, 0.3) is 0 Å². The first-order valence-corrected chi connectivity index (χ1v) is 15.5. The Hall–Kier alpha value is -3.16. The molecule has 0 aliphatic carbocycles. The average Bonchev–Trinajstić information content (AvgIpc) is 3.11. The summed E-state index contributed by atoms with van der Waals surface area (Å²) in [4.78, 5) is 5.15. The number of fused-ring (bicyclic) bond motifs is 4. The number of sulfonamides is 1. The molecule has 3 aromatic carbocycles.